The molecule has 2 saturated heterocycles. The lowest BCUT2D eigenvalue weighted by molar-refractivity contribution is -0.123. The van der Waals surface area contributed by atoms with Gasteiger partial charge < -0.3 is 24.8 Å². The van der Waals surface area contributed by atoms with Gasteiger partial charge in [-0.05, 0) is 62.4 Å². The summed E-state index contributed by atoms with van der Waals surface area (Å²) in [5, 5.41) is 3.03. The fraction of sp³-hybridized carbons (Fsp3) is 0.552. The number of ether oxygens (including phenoxy) is 1. The first-order valence-corrected chi connectivity index (χ1v) is 13.1. The van der Waals surface area contributed by atoms with Crippen LogP contribution < -0.4 is 19.9 Å². The van der Waals surface area contributed by atoms with Crippen molar-refractivity contribution in [1.29, 1.82) is 0 Å². The SMILES string of the molecule is CCC1Cc2ccccc2N1C.CN1CCC2NC(=O)CCC21.COc1ccc2c(c1)N(C)CC2. The molecular weight excluding hydrogens is 436 g/mol. The normalized spacial score (nSPS) is 24.4. The van der Waals surface area contributed by atoms with E-state index in [1.807, 2.05) is 6.07 Å². The van der Waals surface area contributed by atoms with E-state index in [0.717, 1.165) is 44.1 Å². The zero-order chi connectivity index (χ0) is 24.9. The number of nitrogens with one attached hydrogen (secondary N) is 1. The van der Waals surface area contributed by atoms with E-state index >= 15 is 0 Å². The number of fused-ring (bicyclic) bond motifs is 3. The lowest BCUT2D eigenvalue weighted by Crippen LogP contribution is -2.48. The molecule has 4 heterocycles. The van der Waals surface area contributed by atoms with Gasteiger partial charge in [-0.2, -0.15) is 0 Å². The third kappa shape index (κ3) is 5.75. The topological polar surface area (TPSA) is 48.1 Å². The highest BCUT2D eigenvalue weighted by molar-refractivity contribution is 5.77. The molecule has 6 rings (SSSR count). The molecule has 6 heteroatoms. The summed E-state index contributed by atoms with van der Waals surface area (Å²) in [6.07, 6.45) is 6.52. The molecule has 4 aliphatic heterocycles. The first kappa shape index (κ1) is 25.4. The lowest BCUT2D eigenvalue weighted by Gasteiger charge is -2.29. The number of para-hydroxylation sites is 1. The van der Waals surface area contributed by atoms with Crippen LogP contribution in [0.5, 0.6) is 5.75 Å². The number of amides is 1. The van der Waals surface area contributed by atoms with Gasteiger partial charge in [-0.3, -0.25) is 4.79 Å². The molecule has 3 unspecified atom stereocenters. The molecule has 0 radical (unpaired) electrons. The van der Waals surface area contributed by atoms with Crippen LogP contribution in [0.2, 0.25) is 0 Å². The highest BCUT2D eigenvalue weighted by atomic mass is 16.5. The van der Waals surface area contributed by atoms with Crippen molar-refractivity contribution in [3.05, 3.63) is 53.6 Å². The Bertz CT molecular complexity index is 1010. The van der Waals surface area contributed by atoms with Crippen molar-refractivity contribution < 1.29 is 9.53 Å². The average molecular weight is 479 g/mol. The van der Waals surface area contributed by atoms with Gasteiger partial charge in [0.05, 0.1) is 7.11 Å². The number of hydrogen-bond donors (Lipinski definition) is 1. The van der Waals surface area contributed by atoms with E-state index in [1.165, 1.54) is 35.3 Å². The van der Waals surface area contributed by atoms with Crippen LogP contribution in [0.4, 0.5) is 11.4 Å². The van der Waals surface area contributed by atoms with Gasteiger partial charge in [-0.1, -0.05) is 31.2 Å². The van der Waals surface area contributed by atoms with Crippen LogP contribution in [0.25, 0.3) is 0 Å². The van der Waals surface area contributed by atoms with Crippen molar-refractivity contribution in [2.75, 3.05) is 51.1 Å². The second-order valence-electron chi connectivity index (χ2n) is 10.2. The van der Waals surface area contributed by atoms with Crippen molar-refractivity contribution in [1.82, 2.24) is 10.2 Å². The molecule has 1 amide bonds. The number of likely N-dealkylation sites (N-methyl/N-ethyl adjacent to an activating group) is 3. The molecule has 2 aromatic rings. The number of benzene rings is 2. The summed E-state index contributed by atoms with van der Waals surface area (Å²) in [5.41, 5.74) is 5.67. The van der Waals surface area contributed by atoms with Gasteiger partial charge in [0.25, 0.3) is 0 Å². The number of anilines is 2. The zero-order valence-corrected chi connectivity index (χ0v) is 22.1. The van der Waals surface area contributed by atoms with Crippen molar-refractivity contribution >= 4 is 17.3 Å². The summed E-state index contributed by atoms with van der Waals surface area (Å²) in [6.45, 7) is 4.52. The minimum atomic E-state index is 0.238. The summed E-state index contributed by atoms with van der Waals surface area (Å²) in [4.78, 5) is 18.0. The van der Waals surface area contributed by atoms with Gasteiger partial charge in [-0.25, -0.2) is 0 Å². The van der Waals surface area contributed by atoms with Crippen molar-refractivity contribution in [2.45, 2.75) is 63.6 Å². The molecule has 6 nitrogen and oxygen atoms in total. The minimum Gasteiger partial charge on any atom is -0.497 e. The van der Waals surface area contributed by atoms with Crippen LogP contribution in [-0.2, 0) is 17.6 Å². The Kier molecular flexibility index (Phi) is 8.22. The van der Waals surface area contributed by atoms with Gasteiger partial charge in [0.1, 0.15) is 5.75 Å². The van der Waals surface area contributed by atoms with E-state index in [2.05, 4.69) is 84.5 Å². The van der Waals surface area contributed by atoms with Crippen molar-refractivity contribution in [3.8, 4) is 5.75 Å². The Labute approximate surface area is 211 Å². The molecule has 190 valence electrons. The number of carbonyl (C=O) groups is 1. The van der Waals surface area contributed by atoms with E-state index in [4.69, 9.17) is 4.74 Å². The highest BCUT2D eigenvalue weighted by Gasteiger charge is 2.35. The summed E-state index contributed by atoms with van der Waals surface area (Å²) < 4.78 is 5.16. The second-order valence-corrected chi connectivity index (χ2v) is 10.2. The third-order valence-electron chi connectivity index (χ3n) is 8.10. The largest absolute Gasteiger partial charge is 0.497 e. The van der Waals surface area contributed by atoms with Crippen LogP contribution in [0.1, 0.15) is 43.7 Å². The molecule has 0 bridgehead atoms. The van der Waals surface area contributed by atoms with E-state index in [1.54, 1.807) is 7.11 Å². The molecule has 0 saturated carbocycles. The Balaban J connectivity index is 0.000000124. The van der Waals surface area contributed by atoms with Crippen LogP contribution in [0.15, 0.2) is 42.5 Å². The van der Waals surface area contributed by atoms with E-state index < -0.39 is 0 Å². The molecule has 3 atom stereocenters. The van der Waals surface area contributed by atoms with Crippen LogP contribution in [0, 0.1) is 0 Å². The summed E-state index contributed by atoms with van der Waals surface area (Å²) >= 11 is 0. The number of methoxy groups -OCH3 is 1. The quantitative estimate of drug-likeness (QED) is 0.704. The summed E-state index contributed by atoms with van der Waals surface area (Å²) in [7, 11) is 8.16. The predicted octanol–water partition coefficient (Wildman–Crippen LogP) is 4.11. The molecule has 2 fully saturated rings. The molecule has 4 aliphatic rings. The lowest BCUT2D eigenvalue weighted by atomic mass is 9.99. The Morgan fingerprint density at radius 3 is 2.51 bits per heavy atom. The number of hydrogen-bond acceptors (Lipinski definition) is 5. The fourth-order valence-corrected chi connectivity index (χ4v) is 5.84. The van der Waals surface area contributed by atoms with Crippen LogP contribution in [0.3, 0.4) is 0 Å². The fourth-order valence-electron chi connectivity index (χ4n) is 5.84. The number of piperidine rings is 1. The Hall–Kier alpha value is -2.73. The average Bonchev–Trinajstić information content (AvgIpc) is 3.54. The molecule has 35 heavy (non-hydrogen) atoms. The number of nitrogens with zero attached hydrogens (tertiary/aromatic N) is 3. The Morgan fingerprint density at radius 2 is 1.77 bits per heavy atom. The zero-order valence-electron chi connectivity index (χ0n) is 22.1. The first-order chi connectivity index (χ1) is 16.9. The standard InChI is InChI=1S/C11H15N.C10H13NO.C8H14N2O/c1-3-10-8-9-6-4-5-7-11(9)12(10)2;1-11-6-5-8-3-4-9(12-2)7-10(8)11;1-10-5-4-6-7(10)2-3-8(11)9-6/h4-7,10H,3,8H2,1-2H3;3-4,7H,5-6H2,1-2H3;6-7H,2-5H2,1H3,(H,9,11). The minimum absolute atomic E-state index is 0.238. The predicted molar refractivity (Wildman–Crippen MR) is 145 cm³/mol. The van der Waals surface area contributed by atoms with Crippen molar-refractivity contribution in [3.63, 3.8) is 0 Å². The maximum absolute atomic E-state index is 11.0. The maximum atomic E-state index is 11.0. The first-order valence-electron chi connectivity index (χ1n) is 13.1. The van der Waals surface area contributed by atoms with Crippen LogP contribution >= 0.6 is 0 Å². The smallest absolute Gasteiger partial charge is 0.220 e. The number of likely N-dealkylation sites (tertiary alicyclic amines) is 1. The molecule has 1 N–H and O–H groups in total. The number of carbonyl (C=O) groups excluding carboxylic acids is 1. The second kappa shape index (κ2) is 11.3. The summed E-state index contributed by atoms with van der Waals surface area (Å²) in [6, 6.07) is 16.8. The Morgan fingerprint density at radius 1 is 0.971 bits per heavy atom. The van der Waals surface area contributed by atoms with Gasteiger partial charge in [-0.15, -0.1) is 0 Å². The van der Waals surface area contributed by atoms with Crippen LogP contribution in [-0.4, -0.2) is 70.3 Å². The van der Waals surface area contributed by atoms with Gasteiger partial charge in [0.15, 0.2) is 0 Å². The molecule has 0 aliphatic carbocycles. The van der Waals surface area contributed by atoms with Gasteiger partial charge in [0, 0.05) is 69.2 Å². The van der Waals surface area contributed by atoms with E-state index in [-0.39, 0.29) is 5.91 Å². The third-order valence-corrected chi connectivity index (χ3v) is 8.10. The number of rotatable bonds is 2. The summed E-state index contributed by atoms with van der Waals surface area (Å²) in [5.74, 6) is 1.18. The van der Waals surface area contributed by atoms with Crippen molar-refractivity contribution in [2.24, 2.45) is 0 Å². The van der Waals surface area contributed by atoms with E-state index in [0.29, 0.717) is 18.5 Å². The molecule has 2 aromatic carbocycles. The monoisotopic (exact) mass is 478 g/mol. The molecular formula is C29H42N4O2. The van der Waals surface area contributed by atoms with Gasteiger partial charge in [0.2, 0.25) is 5.91 Å². The van der Waals surface area contributed by atoms with Gasteiger partial charge >= 0.3 is 0 Å². The highest BCUT2D eigenvalue weighted by Crippen LogP contribution is 2.32. The maximum Gasteiger partial charge on any atom is 0.220 e. The molecule has 0 spiro atoms. The van der Waals surface area contributed by atoms with E-state index in [9.17, 15) is 4.79 Å². The molecule has 0 aromatic heterocycles.